The number of fused-ring (bicyclic) bond motifs is 1. The second-order valence-corrected chi connectivity index (χ2v) is 10.3. The number of rotatable bonds is 11. The topological polar surface area (TPSA) is 112 Å². The van der Waals surface area contributed by atoms with Crippen LogP contribution in [0.5, 0.6) is 5.88 Å². The maximum atomic E-state index is 12.6. The fourth-order valence-corrected chi connectivity index (χ4v) is 4.22. The SMILES string of the molecule is CC(C)CC(=O)c1cc2ccc(-c3nc(Nc4ccc(-c5cn[nH]c5)cc4)cc(OCCN(C)C)n3)cc2[nH]1. The van der Waals surface area contributed by atoms with Gasteiger partial charge in [0.05, 0.1) is 11.9 Å². The molecule has 39 heavy (non-hydrogen) atoms. The van der Waals surface area contributed by atoms with Crippen molar-refractivity contribution < 1.29 is 9.53 Å². The number of aromatic amines is 2. The van der Waals surface area contributed by atoms with E-state index >= 15 is 0 Å². The molecule has 0 atom stereocenters. The third kappa shape index (κ3) is 6.50. The lowest BCUT2D eigenvalue weighted by atomic mass is 10.1. The van der Waals surface area contributed by atoms with Crippen LogP contribution < -0.4 is 10.1 Å². The molecule has 0 aliphatic rings. The molecule has 200 valence electrons. The van der Waals surface area contributed by atoms with Crippen LogP contribution in [0.3, 0.4) is 0 Å². The van der Waals surface area contributed by atoms with Gasteiger partial charge in [-0.3, -0.25) is 9.89 Å². The number of ketones is 1. The van der Waals surface area contributed by atoms with E-state index < -0.39 is 0 Å². The Kier molecular flexibility index (Phi) is 7.69. The van der Waals surface area contributed by atoms with E-state index in [1.807, 2.05) is 82.7 Å². The maximum Gasteiger partial charge on any atom is 0.219 e. The van der Waals surface area contributed by atoms with Crippen molar-refractivity contribution >= 4 is 28.2 Å². The molecule has 9 nitrogen and oxygen atoms in total. The second-order valence-electron chi connectivity index (χ2n) is 10.3. The summed E-state index contributed by atoms with van der Waals surface area (Å²) in [5.74, 6) is 2.05. The summed E-state index contributed by atoms with van der Waals surface area (Å²) in [6, 6.07) is 17.7. The summed E-state index contributed by atoms with van der Waals surface area (Å²) in [6.45, 7) is 5.35. The predicted molar refractivity (Wildman–Crippen MR) is 154 cm³/mol. The van der Waals surface area contributed by atoms with Crippen molar-refractivity contribution in [3.8, 4) is 28.4 Å². The first kappa shape index (κ1) is 26.1. The summed E-state index contributed by atoms with van der Waals surface area (Å²) in [6.07, 6.45) is 4.16. The molecule has 0 bridgehead atoms. The number of carbonyl (C=O) groups is 1. The van der Waals surface area contributed by atoms with Crippen LogP contribution in [0.15, 0.2) is 67.0 Å². The van der Waals surface area contributed by atoms with Crippen LogP contribution in [0.25, 0.3) is 33.4 Å². The average molecular weight is 524 g/mol. The Labute approximate surface area is 227 Å². The average Bonchev–Trinajstić information content (AvgIpc) is 3.59. The molecule has 3 aromatic heterocycles. The Morgan fingerprint density at radius 3 is 2.51 bits per heavy atom. The van der Waals surface area contributed by atoms with Crippen molar-refractivity contribution in [3.05, 3.63) is 72.7 Å². The smallest absolute Gasteiger partial charge is 0.219 e. The molecule has 0 unspecified atom stereocenters. The fraction of sp³-hybridized carbons (Fsp3) is 0.267. The molecule has 9 heteroatoms. The normalized spacial score (nSPS) is 11.4. The van der Waals surface area contributed by atoms with Crippen LogP contribution in [-0.4, -0.2) is 63.1 Å². The molecule has 2 aromatic carbocycles. The number of H-pyrrole nitrogens is 2. The molecule has 0 radical (unpaired) electrons. The lowest BCUT2D eigenvalue weighted by molar-refractivity contribution is 0.0964. The van der Waals surface area contributed by atoms with Gasteiger partial charge in [-0.2, -0.15) is 10.1 Å². The number of carbonyl (C=O) groups excluding carboxylic acids is 1. The van der Waals surface area contributed by atoms with Crippen LogP contribution in [0.2, 0.25) is 0 Å². The van der Waals surface area contributed by atoms with Crippen molar-refractivity contribution in [2.75, 3.05) is 32.6 Å². The van der Waals surface area contributed by atoms with Crippen LogP contribution >= 0.6 is 0 Å². The summed E-state index contributed by atoms with van der Waals surface area (Å²) in [5.41, 5.74) is 5.29. The Bertz CT molecular complexity index is 1550. The first-order chi connectivity index (χ1) is 18.8. The minimum atomic E-state index is 0.112. The maximum absolute atomic E-state index is 12.6. The quantitative estimate of drug-likeness (QED) is 0.184. The van der Waals surface area contributed by atoms with Crippen molar-refractivity contribution in [3.63, 3.8) is 0 Å². The van der Waals surface area contributed by atoms with E-state index in [2.05, 4.69) is 25.4 Å². The first-order valence-corrected chi connectivity index (χ1v) is 13.0. The van der Waals surface area contributed by atoms with E-state index in [1.54, 1.807) is 12.3 Å². The van der Waals surface area contributed by atoms with Gasteiger partial charge in [-0.1, -0.05) is 38.1 Å². The van der Waals surface area contributed by atoms with Gasteiger partial charge in [0.1, 0.15) is 12.4 Å². The summed E-state index contributed by atoms with van der Waals surface area (Å²) in [7, 11) is 4.00. The van der Waals surface area contributed by atoms with Gasteiger partial charge >= 0.3 is 0 Å². The van der Waals surface area contributed by atoms with Crippen molar-refractivity contribution in [1.29, 1.82) is 0 Å². The number of aromatic nitrogens is 5. The lowest BCUT2D eigenvalue weighted by Crippen LogP contribution is -2.19. The van der Waals surface area contributed by atoms with Crippen molar-refractivity contribution in [1.82, 2.24) is 30.0 Å². The lowest BCUT2D eigenvalue weighted by Gasteiger charge is -2.13. The Morgan fingerprint density at radius 1 is 1.00 bits per heavy atom. The van der Waals surface area contributed by atoms with E-state index in [1.165, 1.54) is 0 Å². The zero-order valence-electron chi connectivity index (χ0n) is 22.7. The highest BCUT2D eigenvalue weighted by molar-refractivity contribution is 6.00. The number of nitrogens with zero attached hydrogens (tertiary/aromatic N) is 4. The fourth-order valence-electron chi connectivity index (χ4n) is 4.22. The van der Waals surface area contributed by atoms with E-state index in [9.17, 15) is 4.79 Å². The molecular formula is C30H33N7O2. The minimum Gasteiger partial charge on any atom is -0.476 e. The number of benzene rings is 2. The number of likely N-dealkylation sites (N-methyl/N-ethyl adjacent to an activating group) is 1. The van der Waals surface area contributed by atoms with Gasteiger partial charge in [-0.25, -0.2) is 4.98 Å². The Hall–Kier alpha value is -4.50. The zero-order valence-corrected chi connectivity index (χ0v) is 22.7. The van der Waals surface area contributed by atoms with Crippen molar-refractivity contribution in [2.45, 2.75) is 20.3 Å². The molecule has 0 aliphatic carbocycles. The third-order valence-corrected chi connectivity index (χ3v) is 6.25. The largest absolute Gasteiger partial charge is 0.476 e. The van der Waals surface area contributed by atoms with Crippen LogP contribution in [0, 0.1) is 5.92 Å². The molecule has 0 saturated carbocycles. The Balaban J connectivity index is 1.44. The van der Waals surface area contributed by atoms with E-state index in [-0.39, 0.29) is 5.78 Å². The molecule has 3 heterocycles. The monoisotopic (exact) mass is 523 g/mol. The Morgan fingerprint density at radius 2 is 1.79 bits per heavy atom. The van der Waals surface area contributed by atoms with Gasteiger partial charge in [-0.05, 0) is 49.8 Å². The minimum absolute atomic E-state index is 0.112. The standard InChI is InChI=1S/C30H33N7O2/c1-19(2)13-27(38)26-14-21-5-6-22(15-25(21)34-26)30-35-28(16-29(36-30)39-12-11-37(3)4)33-24-9-7-20(8-10-24)23-17-31-32-18-23/h5-10,14-19,34H,11-13H2,1-4H3,(H,31,32)(H,33,35,36). The van der Waals surface area contributed by atoms with Gasteiger partial charge in [0.25, 0.3) is 0 Å². The summed E-state index contributed by atoms with van der Waals surface area (Å²) < 4.78 is 5.99. The number of hydrogen-bond donors (Lipinski definition) is 3. The molecule has 5 aromatic rings. The van der Waals surface area contributed by atoms with E-state index in [0.29, 0.717) is 42.2 Å². The molecule has 5 rings (SSSR count). The number of anilines is 2. The molecule has 0 fully saturated rings. The highest BCUT2D eigenvalue weighted by Gasteiger charge is 2.14. The molecule has 0 amide bonds. The van der Waals surface area contributed by atoms with Crippen LogP contribution in [0.1, 0.15) is 30.8 Å². The van der Waals surface area contributed by atoms with Gasteiger partial charge < -0.3 is 19.9 Å². The number of ether oxygens (including phenoxy) is 1. The summed E-state index contributed by atoms with van der Waals surface area (Å²) >= 11 is 0. The predicted octanol–water partition coefficient (Wildman–Crippen LogP) is 5.93. The molecule has 0 spiro atoms. The van der Waals surface area contributed by atoms with E-state index in [0.717, 1.165) is 39.8 Å². The van der Waals surface area contributed by atoms with Crippen molar-refractivity contribution in [2.24, 2.45) is 5.92 Å². The summed E-state index contributed by atoms with van der Waals surface area (Å²) in [5, 5.41) is 11.2. The number of nitrogens with one attached hydrogen (secondary N) is 3. The molecule has 0 aliphatic heterocycles. The van der Waals surface area contributed by atoms with Gasteiger partial charge in [0, 0.05) is 52.9 Å². The molecule has 0 saturated heterocycles. The number of hydrogen-bond acceptors (Lipinski definition) is 7. The van der Waals surface area contributed by atoms with E-state index in [4.69, 9.17) is 14.7 Å². The molecular weight excluding hydrogens is 490 g/mol. The second kappa shape index (κ2) is 11.5. The zero-order chi connectivity index (χ0) is 27.4. The summed E-state index contributed by atoms with van der Waals surface area (Å²) in [4.78, 5) is 27.4. The highest BCUT2D eigenvalue weighted by Crippen LogP contribution is 2.28. The van der Waals surface area contributed by atoms with Gasteiger partial charge in [0.2, 0.25) is 5.88 Å². The third-order valence-electron chi connectivity index (χ3n) is 6.25. The first-order valence-electron chi connectivity index (χ1n) is 13.0. The molecule has 3 N–H and O–H groups in total. The van der Waals surface area contributed by atoms with Gasteiger partial charge in [-0.15, -0.1) is 0 Å². The van der Waals surface area contributed by atoms with Crippen LogP contribution in [-0.2, 0) is 0 Å². The van der Waals surface area contributed by atoms with Crippen LogP contribution in [0.4, 0.5) is 11.5 Å². The highest BCUT2D eigenvalue weighted by atomic mass is 16.5. The number of Topliss-reactive ketones (excluding diaryl/α,β-unsaturated/α-hetero) is 1. The van der Waals surface area contributed by atoms with Gasteiger partial charge in [0.15, 0.2) is 11.6 Å².